The van der Waals surface area contributed by atoms with Crippen molar-refractivity contribution in [3.63, 3.8) is 0 Å². The molecule has 0 N–H and O–H groups in total. The first-order chi connectivity index (χ1) is 10.9. The van der Waals surface area contributed by atoms with Gasteiger partial charge in [-0.3, -0.25) is 9.59 Å². The average molecular weight is 471 g/mol. The molecule has 1 aliphatic rings. The largest absolute Gasteiger partial charge is 0.469 e. The van der Waals surface area contributed by atoms with Gasteiger partial charge in [-0.15, -0.1) is 0 Å². The molecule has 1 rings (SSSR count). The third kappa shape index (κ3) is 14.9. The SMILES string of the molecule is C.C.C.C.C.C.C.C.CCC(C)(C)CC(C)(CC(C)(C)C(=O)OC(C)C1CO1)C(=O)OC. The predicted molar refractivity (Wildman–Crippen MR) is 146 cm³/mol. The van der Waals surface area contributed by atoms with Crippen LogP contribution in [0.1, 0.15) is 127 Å². The smallest absolute Gasteiger partial charge is 0.311 e. The molecule has 1 fully saturated rings. The molecule has 0 radical (unpaired) electrons. The van der Waals surface area contributed by atoms with E-state index >= 15 is 0 Å². The molecule has 5 heteroatoms. The summed E-state index contributed by atoms with van der Waals surface area (Å²) >= 11 is 0. The molecule has 1 aliphatic heterocycles. The lowest BCUT2D eigenvalue weighted by molar-refractivity contribution is -0.166. The topological polar surface area (TPSA) is 65.1 Å². The zero-order valence-corrected chi connectivity index (χ0v) is 16.5. The maximum Gasteiger partial charge on any atom is 0.311 e. The molecular weight excluding hydrogens is 404 g/mol. The van der Waals surface area contributed by atoms with Crippen molar-refractivity contribution in [1.29, 1.82) is 0 Å². The summed E-state index contributed by atoms with van der Waals surface area (Å²) in [6.07, 6.45) is 1.73. The van der Waals surface area contributed by atoms with Crippen molar-refractivity contribution in [2.24, 2.45) is 16.2 Å². The van der Waals surface area contributed by atoms with E-state index in [0.29, 0.717) is 19.4 Å². The summed E-state index contributed by atoms with van der Waals surface area (Å²) in [6.45, 7) is 14.4. The second-order valence-electron chi connectivity index (χ2n) is 8.79. The first-order valence-electron chi connectivity index (χ1n) is 8.78. The first kappa shape index (κ1) is 52.7. The molecule has 0 aromatic heterocycles. The third-order valence-electron chi connectivity index (χ3n) is 5.06. The first-order valence-corrected chi connectivity index (χ1v) is 8.78. The summed E-state index contributed by atoms with van der Waals surface area (Å²) in [5.41, 5.74) is -1.54. The molecule has 0 aromatic carbocycles. The predicted octanol–water partition coefficient (Wildman–Crippen LogP) is 8.83. The Bertz CT molecular complexity index is 467. The molecular formula is C27H66O5. The average Bonchev–Trinajstić information content (AvgIpc) is 3.29. The Morgan fingerprint density at radius 1 is 0.875 bits per heavy atom. The van der Waals surface area contributed by atoms with Crippen LogP contribution in [-0.2, 0) is 23.8 Å². The van der Waals surface area contributed by atoms with Gasteiger partial charge in [0.15, 0.2) is 0 Å². The Morgan fingerprint density at radius 2 is 1.28 bits per heavy atom. The van der Waals surface area contributed by atoms with Crippen LogP contribution in [0, 0.1) is 16.2 Å². The minimum atomic E-state index is -0.782. The molecule has 204 valence electrons. The Morgan fingerprint density at radius 3 is 1.59 bits per heavy atom. The van der Waals surface area contributed by atoms with Gasteiger partial charge in [-0.1, -0.05) is 86.6 Å². The van der Waals surface area contributed by atoms with E-state index in [1.54, 1.807) is 0 Å². The van der Waals surface area contributed by atoms with Crippen LogP contribution in [0.2, 0.25) is 0 Å². The normalized spacial score (nSPS) is 16.2. The highest BCUT2D eigenvalue weighted by molar-refractivity contribution is 5.80. The molecule has 0 saturated carbocycles. The zero-order chi connectivity index (χ0) is 18.8. The van der Waals surface area contributed by atoms with Crippen molar-refractivity contribution in [3.05, 3.63) is 0 Å². The summed E-state index contributed by atoms with van der Waals surface area (Å²) in [5, 5.41) is 0. The van der Waals surface area contributed by atoms with Gasteiger partial charge in [0.1, 0.15) is 12.2 Å². The number of rotatable bonds is 9. The maximum atomic E-state index is 12.6. The van der Waals surface area contributed by atoms with Crippen molar-refractivity contribution in [3.8, 4) is 0 Å². The van der Waals surface area contributed by atoms with E-state index in [2.05, 4.69) is 20.8 Å². The fourth-order valence-electron chi connectivity index (χ4n) is 3.41. The highest BCUT2D eigenvalue weighted by atomic mass is 16.6. The van der Waals surface area contributed by atoms with E-state index in [-0.39, 0.29) is 89.0 Å². The minimum absolute atomic E-state index is 0. The number of epoxide rings is 1. The molecule has 3 unspecified atom stereocenters. The van der Waals surface area contributed by atoms with Gasteiger partial charge in [-0.25, -0.2) is 0 Å². The van der Waals surface area contributed by atoms with E-state index in [9.17, 15) is 9.59 Å². The Balaban J connectivity index is -0.000000120. The summed E-state index contributed by atoms with van der Waals surface area (Å²) in [7, 11) is 1.40. The summed E-state index contributed by atoms with van der Waals surface area (Å²) < 4.78 is 15.8. The molecule has 0 amide bonds. The number of esters is 2. The van der Waals surface area contributed by atoms with Gasteiger partial charge in [0.05, 0.1) is 24.5 Å². The third-order valence-corrected chi connectivity index (χ3v) is 5.06. The van der Waals surface area contributed by atoms with Crippen LogP contribution < -0.4 is 0 Å². The fraction of sp³-hybridized carbons (Fsp3) is 0.926. The lowest BCUT2D eigenvalue weighted by atomic mass is 9.66. The molecule has 0 bridgehead atoms. The Labute approximate surface area is 205 Å². The van der Waals surface area contributed by atoms with Gasteiger partial charge >= 0.3 is 11.9 Å². The van der Waals surface area contributed by atoms with Gasteiger partial charge in [-0.2, -0.15) is 0 Å². The quantitative estimate of drug-likeness (QED) is 0.249. The maximum absolute atomic E-state index is 12.6. The van der Waals surface area contributed by atoms with Gasteiger partial charge in [-0.05, 0) is 46.0 Å². The van der Waals surface area contributed by atoms with Crippen molar-refractivity contribution in [2.75, 3.05) is 13.7 Å². The number of carbonyl (C=O) groups is 2. The number of methoxy groups -OCH3 is 1. The molecule has 0 aliphatic carbocycles. The van der Waals surface area contributed by atoms with Gasteiger partial charge < -0.3 is 14.2 Å². The van der Waals surface area contributed by atoms with Gasteiger partial charge in [0, 0.05) is 0 Å². The van der Waals surface area contributed by atoms with Crippen molar-refractivity contribution < 1.29 is 23.8 Å². The second-order valence-corrected chi connectivity index (χ2v) is 8.79. The lowest BCUT2D eigenvalue weighted by Gasteiger charge is -2.39. The summed E-state index contributed by atoms with van der Waals surface area (Å²) in [6, 6.07) is 0. The highest BCUT2D eigenvalue weighted by Gasteiger charge is 2.47. The van der Waals surface area contributed by atoms with Crippen LogP contribution in [0.3, 0.4) is 0 Å². The molecule has 1 saturated heterocycles. The van der Waals surface area contributed by atoms with Crippen LogP contribution in [0.5, 0.6) is 0 Å². The number of ether oxygens (including phenoxy) is 3. The van der Waals surface area contributed by atoms with E-state index < -0.39 is 10.8 Å². The molecule has 32 heavy (non-hydrogen) atoms. The molecule has 0 aromatic rings. The van der Waals surface area contributed by atoms with Crippen LogP contribution in [-0.4, -0.2) is 37.9 Å². The summed E-state index contributed by atoms with van der Waals surface area (Å²) in [5.74, 6) is -0.571. The fourth-order valence-corrected chi connectivity index (χ4v) is 3.41. The number of carbonyl (C=O) groups excluding carboxylic acids is 2. The van der Waals surface area contributed by atoms with E-state index in [1.807, 2.05) is 27.7 Å². The Kier molecular flexibility index (Phi) is 31.9. The van der Waals surface area contributed by atoms with Gasteiger partial charge in [0.25, 0.3) is 0 Å². The molecule has 5 nitrogen and oxygen atoms in total. The standard InChI is InChI=1S/C19H34O5.8CH4/c1-9-17(3,4)11-19(7,16(21)22-8)12-18(5,6)15(20)24-13(2)14-10-23-14;;;;;;;;/h13-14H,9-12H2,1-8H3;8*1H4. The van der Waals surface area contributed by atoms with Gasteiger partial charge in [0.2, 0.25) is 0 Å². The highest BCUT2D eigenvalue weighted by Crippen LogP contribution is 2.45. The van der Waals surface area contributed by atoms with Crippen molar-refractivity contribution in [1.82, 2.24) is 0 Å². The molecule has 3 atom stereocenters. The van der Waals surface area contributed by atoms with E-state index in [0.717, 1.165) is 6.42 Å². The molecule has 1 heterocycles. The zero-order valence-electron chi connectivity index (χ0n) is 16.5. The van der Waals surface area contributed by atoms with Crippen molar-refractivity contribution in [2.45, 2.75) is 139 Å². The summed E-state index contributed by atoms with van der Waals surface area (Å²) in [4.78, 5) is 25.1. The molecule has 0 spiro atoms. The van der Waals surface area contributed by atoms with Crippen LogP contribution in [0.25, 0.3) is 0 Å². The van der Waals surface area contributed by atoms with Crippen molar-refractivity contribution >= 4 is 11.9 Å². The van der Waals surface area contributed by atoms with Crippen LogP contribution in [0.15, 0.2) is 0 Å². The lowest BCUT2D eigenvalue weighted by Crippen LogP contribution is -2.42. The second kappa shape index (κ2) is 19.4. The minimum Gasteiger partial charge on any atom is -0.469 e. The van der Waals surface area contributed by atoms with Crippen LogP contribution >= 0.6 is 0 Å². The van der Waals surface area contributed by atoms with E-state index in [1.165, 1.54) is 7.11 Å². The monoisotopic (exact) mass is 470 g/mol. The van der Waals surface area contributed by atoms with Crippen LogP contribution in [0.4, 0.5) is 0 Å². The Hall–Kier alpha value is -1.10. The number of hydrogen-bond donors (Lipinski definition) is 0. The van der Waals surface area contributed by atoms with E-state index in [4.69, 9.17) is 14.2 Å². The number of hydrogen-bond acceptors (Lipinski definition) is 5.